The molecule has 4 heteroatoms. The van der Waals surface area contributed by atoms with Gasteiger partial charge in [0.25, 0.3) is 0 Å². The van der Waals surface area contributed by atoms with Gasteiger partial charge in [-0.1, -0.05) is 0 Å². The summed E-state index contributed by atoms with van der Waals surface area (Å²) < 4.78 is 0. The van der Waals surface area contributed by atoms with Crippen molar-refractivity contribution >= 4 is 11.5 Å². The SMILES string of the molecule is CCNc1cc(N(C)CCC#N)ccn1. The first-order valence-electron chi connectivity index (χ1n) is 5.06. The summed E-state index contributed by atoms with van der Waals surface area (Å²) in [6.45, 7) is 3.64. The van der Waals surface area contributed by atoms with Crippen LogP contribution < -0.4 is 10.2 Å². The molecule has 4 nitrogen and oxygen atoms in total. The van der Waals surface area contributed by atoms with Crippen LogP contribution in [0.1, 0.15) is 13.3 Å². The number of anilines is 2. The van der Waals surface area contributed by atoms with Crippen molar-refractivity contribution in [2.24, 2.45) is 0 Å². The smallest absolute Gasteiger partial charge is 0.127 e. The van der Waals surface area contributed by atoms with Gasteiger partial charge < -0.3 is 10.2 Å². The van der Waals surface area contributed by atoms with Crippen molar-refractivity contribution in [2.45, 2.75) is 13.3 Å². The van der Waals surface area contributed by atoms with Crippen LogP contribution in [0.5, 0.6) is 0 Å². The first-order chi connectivity index (χ1) is 7.27. The molecule has 0 aliphatic rings. The van der Waals surface area contributed by atoms with Gasteiger partial charge in [0.05, 0.1) is 12.5 Å². The van der Waals surface area contributed by atoms with Gasteiger partial charge in [0.15, 0.2) is 0 Å². The van der Waals surface area contributed by atoms with Crippen molar-refractivity contribution in [1.82, 2.24) is 4.98 Å². The number of nitriles is 1. The van der Waals surface area contributed by atoms with Crippen molar-refractivity contribution in [3.05, 3.63) is 18.3 Å². The van der Waals surface area contributed by atoms with Crippen LogP contribution in [0.15, 0.2) is 18.3 Å². The van der Waals surface area contributed by atoms with Crippen molar-refractivity contribution in [3.63, 3.8) is 0 Å². The molecule has 0 saturated carbocycles. The largest absolute Gasteiger partial charge is 0.373 e. The predicted octanol–water partition coefficient (Wildman–Crippen LogP) is 1.86. The normalized spacial score (nSPS) is 9.40. The van der Waals surface area contributed by atoms with Gasteiger partial charge in [-0.15, -0.1) is 0 Å². The Morgan fingerprint density at radius 1 is 1.60 bits per heavy atom. The van der Waals surface area contributed by atoms with Gasteiger partial charge in [-0.2, -0.15) is 5.26 Å². The lowest BCUT2D eigenvalue weighted by molar-refractivity contribution is 0.903. The topological polar surface area (TPSA) is 52.0 Å². The highest BCUT2D eigenvalue weighted by atomic mass is 15.1. The second-order valence-electron chi connectivity index (χ2n) is 3.26. The van der Waals surface area contributed by atoms with Gasteiger partial charge in [0, 0.05) is 38.1 Å². The Labute approximate surface area is 90.5 Å². The van der Waals surface area contributed by atoms with E-state index >= 15 is 0 Å². The van der Waals surface area contributed by atoms with E-state index in [9.17, 15) is 0 Å². The van der Waals surface area contributed by atoms with Crippen molar-refractivity contribution < 1.29 is 0 Å². The Balaban J connectivity index is 2.67. The number of nitrogens with one attached hydrogen (secondary N) is 1. The van der Waals surface area contributed by atoms with Gasteiger partial charge in [-0.25, -0.2) is 4.98 Å². The Bertz CT molecular complexity index is 343. The quantitative estimate of drug-likeness (QED) is 0.795. The van der Waals surface area contributed by atoms with E-state index in [1.165, 1.54) is 0 Å². The summed E-state index contributed by atoms with van der Waals surface area (Å²) >= 11 is 0. The molecule has 0 unspecified atom stereocenters. The number of nitrogens with zero attached hydrogens (tertiary/aromatic N) is 3. The summed E-state index contributed by atoms with van der Waals surface area (Å²) in [7, 11) is 1.97. The van der Waals surface area contributed by atoms with Crippen molar-refractivity contribution in [1.29, 1.82) is 5.26 Å². The zero-order chi connectivity index (χ0) is 11.1. The second kappa shape index (κ2) is 5.86. The Morgan fingerprint density at radius 3 is 3.07 bits per heavy atom. The van der Waals surface area contributed by atoms with E-state index in [1.54, 1.807) is 6.20 Å². The van der Waals surface area contributed by atoms with Gasteiger partial charge in [-0.05, 0) is 13.0 Å². The van der Waals surface area contributed by atoms with Gasteiger partial charge in [0.1, 0.15) is 5.82 Å². The lowest BCUT2D eigenvalue weighted by Gasteiger charge is -2.18. The number of pyridine rings is 1. The summed E-state index contributed by atoms with van der Waals surface area (Å²) in [5, 5.41) is 11.7. The summed E-state index contributed by atoms with van der Waals surface area (Å²) in [6, 6.07) is 6.06. The predicted molar refractivity (Wildman–Crippen MR) is 61.9 cm³/mol. The first kappa shape index (κ1) is 11.3. The maximum atomic E-state index is 8.50. The van der Waals surface area contributed by atoms with Crippen LogP contribution in [0.3, 0.4) is 0 Å². The van der Waals surface area contributed by atoms with E-state index < -0.39 is 0 Å². The summed E-state index contributed by atoms with van der Waals surface area (Å²) in [5.41, 5.74) is 1.08. The van der Waals surface area contributed by atoms with Crippen LogP contribution in [0, 0.1) is 11.3 Å². The first-order valence-corrected chi connectivity index (χ1v) is 5.06. The van der Waals surface area contributed by atoms with E-state index in [4.69, 9.17) is 5.26 Å². The summed E-state index contributed by atoms with van der Waals surface area (Å²) in [5.74, 6) is 0.874. The Hall–Kier alpha value is -1.76. The fourth-order valence-electron chi connectivity index (χ4n) is 1.28. The molecular weight excluding hydrogens is 188 g/mol. The van der Waals surface area contributed by atoms with E-state index in [-0.39, 0.29) is 0 Å². The fourth-order valence-corrected chi connectivity index (χ4v) is 1.28. The lowest BCUT2D eigenvalue weighted by Crippen LogP contribution is -2.18. The zero-order valence-corrected chi connectivity index (χ0v) is 9.20. The third-order valence-corrected chi connectivity index (χ3v) is 2.10. The molecule has 1 aromatic rings. The molecule has 1 N–H and O–H groups in total. The number of aromatic nitrogens is 1. The molecule has 0 fully saturated rings. The minimum Gasteiger partial charge on any atom is -0.373 e. The molecule has 0 amide bonds. The van der Waals surface area contributed by atoms with E-state index in [2.05, 4.69) is 16.4 Å². The number of hydrogen-bond acceptors (Lipinski definition) is 4. The summed E-state index contributed by atoms with van der Waals surface area (Å²) in [4.78, 5) is 6.24. The van der Waals surface area contributed by atoms with E-state index in [0.29, 0.717) is 6.42 Å². The third kappa shape index (κ3) is 3.47. The average molecular weight is 204 g/mol. The van der Waals surface area contributed by atoms with Gasteiger partial charge in [-0.3, -0.25) is 0 Å². The highest BCUT2D eigenvalue weighted by molar-refractivity contribution is 5.53. The van der Waals surface area contributed by atoms with Gasteiger partial charge >= 0.3 is 0 Å². The highest BCUT2D eigenvalue weighted by Crippen LogP contribution is 2.15. The molecule has 0 radical (unpaired) electrons. The van der Waals surface area contributed by atoms with Crippen LogP contribution in [0.25, 0.3) is 0 Å². The molecule has 0 bridgehead atoms. The standard InChI is InChI=1S/C11H16N4/c1-3-13-11-9-10(5-7-14-11)15(2)8-4-6-12/h5,7,9H,3-4,8H2,1-2H3,(H,13,14). The van der Waals surface area contributed by atoms with Crippen LogP contribution >= 0.6 is 0 Å². The third-order valence-electron chi connectivity index (χ3n) is 2.10. The lowest BCUT2D eigenvalue weighted by atomic mass is 10.3. The Morgan fingerprint density at radius 2 is 2.40 bits per heavy atom. The van der Waals surface area contributed by atoms with Crippen LogP contribution in [-0.4, -0.2) is 25.1 Å². The molecule has 1 aromatic heterocycles. The molecule has 1 heterocycles. The number of rotatable bonds is 5. The highest BCUT2D eigenvalue weighted by Gasteiger charge is 2.01. The minimum absolute atomic E-state index is 0.537. The monoisotopic (exact) mass is 204 g/mol. The molecule has 0 aliphatic carbocycles. The minimum atomic E-state index is 0.537. The van der Waals surface area contributed by atoms with Crippen molar-refractivity contribution in [3.8, 4) is 6.07 Å². The summed E-state index contributed by atoms with van der Waals surface area (Å²) in [6.07, 6.45) is 2.31. The van der Waals surface area contributed by atoms with Crippen LogP contribution in [0.2, 0.25) is 0 Å². The molecule has 15 heavy (non-hydrogen) atoms. The molecule has 0 atom stereocenters. The molecule has 0 saturated heterocycles. The van der Waals surface area contributed by atoms with Crippen molar-refractivity contribution in [2.75, 3.05) is 30.4 Å². The maximum absolute atomic E-state index is 8.50. The molecule has 1 rings (SSSR count). The molecular formula is C11H16N4. The molecule has 80 valence electrons. The van der Waals surface area contributed by atoms with E-state index in [0.717, 1.165) is 24.6 Å². The molecule has 0 aromatic carbocycles. The van der Waals surface area contributed by atoms with Crippen LogP contribution in [0.4, 0.5) is 11.5 Å². The molecule has 0 spiro atoms. The molecule has 0 aliphatic heterocycles. The fraction of sp³-hybridized carbons (Fsp3) is 0.455. The van der Waals surface area contributed by atoms with Gasteiger partial charge in [0.2, 0.25) is 0 Å². The van der Waals surface area contributed by atoms with Crippen LogP contribution in [-0.2, 0) is 0 Å². The Kier molecular flexibility index (Phi) is 4.42. The number of hydrogen-bond donors (Lipinski definition) is 1. The average Bonchev–Trinajstić information content (AvgIpc) is 2.27. The second-order valence-corrected chi connectivity index (χ2v) is 3.26. The maximum Gasteiger partial charge on any atom is 0.127 e. The van der Waals surface area contributed by atoms with E-state index in [1.807, 2.05) is 31.0 Å². The zero-order valence-electron chi connectivity index (χ0n) is 9.20.